The molecule has 0 saturated carbocycles. The Labute approximate surface area is 183 Å². The number of aromatic nitrogens is 1. The average Bonchev–Trinajstić information content (AvgIpc) is 3.25. The summed E-state index contributed by atoms with van der Waals surface area (Å²) >= 11 is 6.17. The van der Waals surface area contributed by atoms with E-state index in [2.05, 4.69) is 31.8 Å². The monoisotopic (exact) mass is 490 g/mol. The fourth-order valence-electron chi connectivity index (χ4n) is 2.85. The van der Waals surface area contributed by atoms with Gasteiger partial charge in [-0.05, 0) is 36.4 Å². The molecule has 1 aliphatic heterocycles. The number of nitrogens with one attached hydrogen (secondary N) is 2. The van der Waals surface area contributed by atoms with E-state index in [9.17, 15) is 14.4 Å². The number of halogens is 1. The van der Waals surface area contributed by atoms with Crippen molar-refractivity contribution in [3.05, 3.63) is 53.0 Å². The zero-order valence-electron chi connectivity index (χ0n) is 14.9. The van der Waals surface area contributed by atoms with Gasteiger partial charge in [-0.3, -0.25) is 19.8 Å². The van der Waals surface area contributed by atoms with Gasteiger partial charge in [0, 0.05) is 4.47 Å². The quantitative estimate of drug-likeness (QED) is 0.313. The molecule has 7 nitrogen and oxygen atoms in total. The summed E-state index contributed by atoms with van der Waals surface area (Å²) < 4.78 is 2.72. The minimum Gasteiger partial charge on any atom is -0.290 e. The lowest BCUT2D eigenvalue weighted by molar-refractivity contribution is -0.122. The van der Waals surface area contributed by atoms with E-state index in [1.54, 1.807) is 24.3 Å². The number of thiazole rings is 1. The van der Waals surface area contributed by atoms with Crippen molar-refractivity contribution in [3.8, 4) is 0 Å². The number of carbonyl (C=O) groups excluding carboxylic acids is 3. The van der Waals surface area contributed by atoms with Crippen LogP contribution in [0.25, 0.3) is 10.2 Å². The van der Waals surface area contributed by atoms with Gasteiger partial charge in [-0.15, -0.1) is 11.3 Å². The van der Waals surface area contributed by atoms with Crippen molar-refractivity contribution in [1.29, 1.82) is 0 Å². The number of carbonyl (C=O) groups is 3. The highest BCUT2D eigenvalue weighted by molar-refractivity contribution is 9.10. The minimum atomic E-state index is -0.789. The SMILES string of the molecule is O=C(CSc1nc2ccccc2s1)NN[C@H]1CC(=O)N(c2ccc(Br)cc2)C1=O. The van der Waals surface area contributed by atoms with E-state index in [4.69, 9.17) is 0 Å². The van der Waals surface area contributed by atoms with Crippen LogP contribution in [0.2, 0.25) is 0 Å². The average molecular weight is 491 g/mol. The number of hydrogen-bond acceptors (Lipinski definition) is 7. The molecule has 148 valence electrons. The lowest BCUT2D eigenvalue weighted by Crippen LogP contribution is -2.48. The second-order valence-electron chi connectivity index (χ2n) is 6.23. The molecule has 0 spiro atoms. The maximum atomic E-state index is 12.6. The van der Waals surface area contributed by atoms with Crippen LogP contribution in [0, 0.1) is 0 Å². The first-order valence-corrected chi connectivity index (χ1v) is 11.3. The maximum absolute atomic E-state index is 12.6. The van der Waals surface area contributed by atoms with Gasteiger partial charge in [0.25, 0.3) is 5.91 Å². The van der Waals surface area contributed by atoms with Crippen molar-refractivity contribution in [3.63, 3.8) is 0 Å². The van der Waals surface area contributed by atoms with Crippen LogP contribution in [0.4, 0.5) is 5.69 Å². The molecule has 29 heavy (non-hydrogen) atoms. The summed E-state index contributed by atoms with van der Waals surface area (Å²) in [4.78, 5) is 42.5. The minimum absolute atomic E-state index is 0.0137. The van der Waals surface area contributed by atoms with Crippen LogP contribution in [0.3, 0.4) is 0 Å². The van der Waals surface area contributed by atoms with Crippen LogP contribution in [0.1, 0.15) is 6.42 Å². The number of rotatable bonds is 6. The zero-order valence-corrected chi connectivity index (χ0v) is 18.1. The van der Waals surface area contributed by atoms with Crippen molar-refractivity contribution in [2.24, 2.45) is 0 Å². The third-order valence-electron chi connectivity index (χ3n) is 4.22. The summed E-state index contributed by atoms with van der Waals surface area (Å²) in [6, 6.07) is 13.9. The van der Waals surface area contributed by atoms with Gasteiger partial charge in [0.15, 0.2) is 4.34 Å². The van der Waals surface area contributed by atoms with Crippen molar-refractivity contribution < 1.29 is 14.4 Å². The molecule has 1 aliphatic rings. The van der Waals surface area contributed by atoms with Crippen molar-refractivity contribution in [2.45, 2.75) is 16.8 Å². The fourth-order valence-corrected chi connectivity index (χ4v) is 4.98. The van der Waals surface area contributed by atoms with Crippen LogP contribution in [0.15, 0.2) is 57.3 Å². The number of hydrazine groups is 1. The molecule has 2 heterocycles. The smallest absolute Gasteiger partial charge is 0.253 e. The highest BCUT2D eigenvalue weighted by Gasteiger charge is 2.39. The standard InChI is InChI=1S/C19H15BrN4O3S2/c20-11-5-7-12(8-6-11)24-17(26)9-14(18(24)27)22-23-16(25)10-28-19-21-13-3-1-2-4-15(13)29-19/h1-8,14,22H,9-10H2,(H,23,25)/t14-/m0/s1. The van der Waals surface area contributed by atoms with E-state index in [0.29, 0.717) is 5.69 Å². The predicted octanol–water partition coefficient (Wildman–Crippen LogP) is 3.10. The summed E-state index contributed by atoms with van der Waals surface area (Å²) in [5.74, 6) is -0.848. The zero-order chi connectivity index (χ0) is 20.4. The molecule has 3 amide bonds. The van der Waals surface area contributed by atoms with Gasteiger partial charge in [0.05, 0.1) is 28.1 Å². The fraction of sp³-hybridized carbons (Fsp3) is 0.158. The molecule has 2 N–H and O–H groups in total. The highest BCUT2D eigenvalue weighted by Crippen LogP contribution is 2.29. The first-order chi connectivity index (χ1) is 14.0. The summed E-state index contributed by atoms with van der Waals surface area (Å²) in [6.45, 7) is 0. The second kappa shape index (κ2) is 8.62. The molecule has 0 unspecified atom stereocenters. The Kier molecular flexibility index (Phi) is 5.95. The molecule has 0 bridgehead atoms. The van der Waals surface area contributed by atoms with E-state index in [0.717, 1.165) is 23.9 Å². The molecular weight excluding hydrogens is 476 g/mol. The molecule has 4 rings (SSSR count). The lowest BCUT2D eigenvalue weighted by Gasteiger charge is -2.16. The topological polar surface area (TPSA) is 91.4 Å². The Balaban J connectivity index is 1.30. The van der Waals surface area contributed by atoms with Crippen LogP contribution < -0.4 is 15.8 Å². The van der Waals surface area contributed by atoms with Crippen LogP contribution in [-0.4, -0.2) is 34.5 Å². The van der Waals surface area contributed by atoms with Gasteiger partial charge in [0.2, 0.25) is 11.8 Å². The number of fused-ring (bicyclic) bond motifs is 1. The number of nitrogens with zero attached hydrogens (tertiary/aromatic N) is 2. The van der Waals surface area contributed by atoms with Crippen LogP contribution >= 0.6 is 39.0 Å². The highest BCUT2D eigenvalue weighted by atomic mass is 79.9. The molecule has 2 aromatic carbocycles. The molecule has 1 fully saturated rings. The van der Waals surface area contributed by atoms with Crippen LogP contribution in [-0.2, 0) is 14.4 Å². The Morgan fingerprint density at radius 3 is 2.72 bits per heavy atom. The van der Waals surface area contributed by atoms with Gasteiger partial charge >= 0.3 is 0 Å². The normalized spacial score (nSPS) is 16.6. The molecule has 3 aromatic rings. The lowest BCUT2D eigenvalue weighted by atomic mass is 10.2. The largest absolute Gasteiger partial charge is 0.290 e. The number of imide groups is 1. The van der Waals surface area contributed by atoms with E-state index in [1.165, 1.54) is 23.1 Å². The number of para-hydroxylation sites is 1. The number of amides is 3. The third kappa shape index (κ3) is 4.50. The second-order valence-corrected chi connectivity index (χ2v) is 9.40. The Morgan fingerprint density at radius 2 is 1.97 bits per heavy atom. The van der Waals surface area contributed by atoms with E-state index >= 15 is 0 Å². The predicted molar refractivity (Wildman–Crippen MR) is 117 cm³/mol. The third-order valence-corrected chi connectivity index (χ3v) is 6.93. The van der Waals surface area contributed by atoms with Gasteiger partial charge < -0.3 is 0 Å². The summed E-state index contributed by atoms with van der Waals surface area (Å²) in [6.07, 6.45) is -0.0137. The van der Waals surface area contributed by atoms with Crippen LogP contribution in [0.5, 0.6) is 0 Å². The number of anilines is 1. The number of thioether (sulfide) groups is 1. The van der Waals surface area contributed by atoms with E-state index < -0.39 is 11.9 Å². The van der Waals surface area contributed by atoms with Crippen molar-refractivity contribution in [2.75, 3.05) is 10.7 Å². The summed E-state index contributed by atoms with van der Waals surface area (Å²) in [7, 11) is 0. The molecule has 1 aromatic heterocycles. The first-order valence-electron chi connectivity index (χ1n) is 8.66. The Hall–Kier alpha value is -2.27. The Morgan fingerprint density at radius 1 is 1.21 bits per heavy atom. The number of hydrogen-bond donors (Lipinski definition) is 2. The van der Waals surface area contributed by atoms with E-state index in [-0.39, 0.29) is 24.0 Å². The van der Waals surface area contributed by atoms with Crippen molar-refractivity contribution in [1.82, 2.24) is 15.8 Å². The molecule has 0 radical (unpaired) electrons. The molecule has 1 atom stereocenters. The molecular formula is C19H15BrN4O3S2. The maximum Gasteiger partial charge on any atom is 0.253 e. The van der Waals surface area contributed by atoms with Gasteiger partial charge in [0.1, 0.15) is 6.04 Å². The first kappa shape index (κ1) is 20.0. The number of benzene rings is 2. The molecule has 10 heteroatoms. The molecule has 1 saturated heterocycles. The Bertz CT molecular complexity index is 1050. The van der Waals surface area contributed by atoms with Gasteiger partial charge in [-0.1, -0.05) is 39.8 Å². The molecule has 0 aliphatic carbocycles. The summed E-state index contributed by atoms with van der Waals surface area (Å²) in [5, 5.41) is 0. The van der Waals surface area contributed by atoms with E-state index in [1.807, 2.05) is 24.3 Å². The van der Waals surface area contributed by atoms with Gasteiger partial charge in [-0.25, -0.2) is 15.3 Å². The van der Waals surface area contributed by atoms with Gasteiger partial charge in [-0.2, -0.15) is 0 Å². The van der Waals surface area contributed by atoms with Crippen molar-refractivity contribution >= 4 is 72.7 Å². The summed E-state index contributed by atoms with van der Waals surface area (Å²) in [5.41, 5.74) is 6.61.